The number of halogens is 2. The Balaban J connectivity index is 1.25. The van der Waals surface area contributed by atoms with Crippen molar-refractivity contribution in [1.29, 1.82) is 0 Å². The quantitative estimate of drug-likeness (QED) is 0.600. The van der Waals surface area contributed by atoms with E-state index in [1.807, 2.05) is 11.8 Å². The molecule has 5 unspecified atom stereocenters. The van der Waals surface area contributed by atoms with Gasteiger partial charge in [0.1, 0.15) is 0 Å². The monoisotopic (exact) mass is 416 g/mol. The summed E-state index contributed by atoms with van der Waals surface area (Å²) in [6.07, 6.45) is 6.57. The number of piperidine rings is 1. The third kappa shape index (κ3) is 4.50. The van der Waals surface area contributed by atoms with Crippen LogP contribution in [0.15, 0.2) is 0 Å². The molecule has 0 aromatic rings. The normalized spacial score (nSPS) is 39.3. The number of alkyl halides is 2. The van der Waals surface area contributed by atoms with Crippen LogP contribution in [0.1, 0.15) is 58.3 Å². The van der Waals surface area contributed by atoms with Gasteiger partial charge < -0.3 is 21.3 Å². The lowest BCUT2D eigenvalue weighted by Gasteiger charge is -2.46. The summed E-state index contributed by atoms with van der Waals surface area (Å²) >= 11 is 1.67. The number of nitrogens with one attached hydrogen (secondary N) is 2. The van der Waals surface area contributed by atoms with E-state index in [1.54, 1.807) is 11.8 Å². The van der Waals surface area contributed by atoms with E-state index in [9.17, 15) is 13.6 Å². The van der Waals surface area contributed by atoms with Crippen LogP contribution in [0.5, 0.6) is 0 Å². The second kappa shape index (κ2) is 8.00. The van der Waals surface area contributed by atoms with Crippen LogP contribution < -0.4 is 16.4 Å². The van der Waals surface area contributed by atoms with Crippen LogP contribution >= 0.6 is 11.8 Å². The summed E-state index contributed by atoms with van der Waals surface area (Å²) in [5, 5.41) is 7.00. The van der Waals surface area contributed by atoms with E-state index in [2.05, 4.69) is 10.6 Å². The number of carbonyl (C=O) groups excluding carboxylic acids is 1. The Morgan fingerprint density at radius 2 is 2.04 bits per heavy atom. The molecule has 4 aliphatic rings. The largest absolute Gasteiger partial charge is 0.340 e. The summed E-state index contributed by atoms with van der Waals surface area (Å²) in [4.78, 5) is 15.1. The summed E-state index contributed by atoms with van der Waals surface area (Å²) in [5.74, 6) is -1.04. The first-order valence-corrected chi connectivity index (χ1v) is 11.8. The van der Waals surface area contributed by atoms with Gasteiger partial charge in [-0.25, -0.2) is 8.78 Å². The van der Waals surface area contributed by atoms with E-state index < -0.39 is 11.5 Å². The third-order valence-electron chi connectivity index (χ3n) is 7.18. The highest BCUT2D eigenvalue weighted by Gasteiger charge is 2.53. The van der Waals surface area contributed by atoms with Crippen LogP contribution in [-0.2, 0) is 4.79 Å². The Labute approximate surface area is 170 Å². The van der Waals surface area contributed by atoms with Gasteiger partial charge in [-0.15, -0.1) is 11.8 Å². The highest BCUT2D eigenvalue weighted by molar-refractivity contribution is 7.99. The van der Waals surface area contributed by atoms with Crippen molar-refractivity contribution in [3.8, 4) is 0 Å². The maximum Gasteiger partial charge on any atom is 0.251 e. The summed E-state index contributed by atoms with van der Waals surface area (Å²) < 4.78 is 26.3. The number of amides is 1. The Morgan fingerprint density at radius 3 is 2.75 bits per heavy atom. The fourth-order valence-corrected chi connectivity index (χ4v) is 6.89. The molecule has 5 nitrogen and oxygen atoms in total. The molecule has 2 heterocycles. The Kier molecular flexibility index (Phi) is 5.95. The molecule has 5 atom stereocenters. The smallest absolute Gasteiger partial charge is 0.251 e. The van der Waals surface area contributed by atoms with Crippen molar-refractivity contribution < 1.29 is 13.6 Å². The van der Waals surface area contributed by atoms with E-state index in [0.717, 1.165) is 19.4 Å². The number of fused-ring (bicyclic) bond motifs is 1. The molecule has 2 aliphatic heterocycles. The maximum atomic E-state index is 13.2. The molecule has 2 saturated carbocycles. The number of hydrogen-bond donors (Lipinski definition) is 3. The zero-order valence-electron chi connectivity index (χ0n) is 16.8. The molecule has 0 spiro atoms. The summed E-state index contributed by atoms with van der Waals surface area (Å²) in [6.45, 7) is 3.24. The number of thioether (sulfide) groups is 1. The van der Waals surface area contributed by atoms with Crippen molar-refractivity contribution >= 4 is 17.7 Å². The lowest BCUT2D eigenvalue weighted by molar-refractivity contribution is -0.134. The van der Waals surface area contributed by atoms with E-state index in [0.29, 0.717) is 24.4 Å². The lowest BCUT2D eigenvalue weighted by Crippen LogP contribution is -2.59. The molecule has 160 valence electrons. The zero-order chi connectivity index (χ0) is 19.9. The molecule has 0 aromatic carbocycles. The lowest BCUT2D eigenvalue weighted by atomic mass is 9.75. The van der Waals surface area contributed by atoms with Gasteiger partial charge in [0.15, 0.2) is 0 Å². The van der Waals surface area contributed by atoms with Crippen molar-refractivity contribution in [2.75, 3.05) is 19.0 Å². The highest BCUT2D eigenvalue weighted by Crippen LogP contribution is 2.45. The van der Waals surface area contributed by atoms with Gasteiger partial charge >= 0.3 is 0 Å². The topological polar surface area (TPSA) is 70.4 Å². The number of hydrogen-bond acceptors (Lipinski definition) is 5. The number of carbonyl (C=O) groups is 1. The molecule has 4 N–H and O–H groups in total. The van der Waals surface area contributed by atoms with Crippen LogP contribution in [0.3, 0.4) is 0 Å². The molecule has 1 amide bonds. The zero-order valence-corrected chi connectivity index (χ0v) is 17.6. The van der Waals surface area contributed by atoms with Crippen LogP contribution in [0.4, 0.5) is 8.78 Å². The molecule has 0 radical (unpaired) electrons. The van der Waals surface area contributed by atoms with Crippen LogP contribution in [0, 0.1) is 5.92 Å². The van der Waals surface area contributed by atoms with Crippen molar-refractivity contribution in [2.45, 2.75) is 93.1 Å². The molecule has 2 aliphatic carbocycles. The highest BCUT2D eigenvalue weighted by atomic mass is 32.2. The predicted octanol–water partition coefficient (Wildman–Crippen LogP) is 2.30. The van der Waals surface area contributed by atoms with E-state index in [1.165, 1.54) is 25.7 Å². The third-order valence-corrected chi connectivity index (χ3v) is 8.41. The summed E-state index contributed by atoms with van der Waals surface area (Å²) in [7, 11) is 0. The van der Waals surface area contributed by atoms with E-state index >= 15 is 0 Å². The molecule has 28 heavy (non-hydrogen) atoms. The predicted molar refractivity (Wildman–Crippen MR) is 108 cm³/mol. The minimum absolute atomic E-state index is 0.0395. The first kappa shape index (κ1) is 20.8. The SMILES string of the molecule is CC1(NCSC2CN(C(=O)C3CC4CCCCC4N3)CCC2N)CC(F)(F)C1. The first-order valence-electron chi connectivity index (χ1n) is 10.8. The number of nitrogens with zero attached hydrogens (tertiary/aromatic N) is 1. The Hall–Kier alpha value is -0.440. The van der Waals surface area contributed by atoms with Gasteiger partial charge in [0.2, 0.25) is 5.91 Å². The van der Waals surface area contributed by atoms with Crippen LogP contribution in [0.2, 0.25) is 0 Å². The molecule has 4 rings (SSSR count). The second-order valence-corrected chi connectivity index (χ2v) is 10.9. The number of rotatable bonds is 5. The minimum Gasteiger partial charge on any atom is -0.340 e. The molecule has 2 saturated heterocycles. The van der Waals surface area contributed by atoms with Crippen LogP contribution in [0.25, 0.3) is 0 Å². The van der Waals surface area contributed by atoms with Crippen molar-refractivity contribution in [2.24, 2.45) is 11.7 Å². The van der Waals surface area contributed by atoms with Crippen molar-refractivity contribution in [3.63, 3.8) is 0 Å². The van der Waals surface area contributed by atoms with Gasteiger partial charge in [0.25, 0.3) is 5.92 Å². The van der Waals surface area contributed by atoms with Gasteiger partial charge in [-0.2, -0.15) is 0 Å². The fourth-order valence-electron chi connectivity index (χ4n) is 5.58. The van der Waals surface area contributed by atoms with E-state index in [-0.39, 0.29) is 36.1 Å². The average Bonchev–Trinajstić information content (AvgIpc) is 3.05. The standard InChI is InChI=1S/C20H34F2N4OS/c1-19(10-20(21,22)11-19)24-12-28-17-9-26(7-6-14(17)23)18(27)16-8-13-4-2-3-5-15(13)25-16/h13-17,24-25H,2-12,23H2,1H3. The number of nitrogens with two attached hydrogens (primary N) is 1. The molecule has 0 bridgehead atoms. The summed E-state index contributed by atoms with van der Waals surface area (Å²) in [6, 6.07) is 0.526. The first-order chi connectivity index (χ1) is 13.2. The molecule has 8 heteroatoms. The van der Waals surface area contributed by atoms with Crippen LogP contribution in [-0.4, -0.2) is 64.6 Å². The maximum absolute atomic E-state index is 13.2. The minimum atomic E-state index is -2.53. The number of likely N-dealkylation sites (tertiary alicyclic amines) is 1. The second-order valence-electron chi connectivity index (χ2n) is 9.64. The van der Waals surface area contributed by atoms with Crippen molar-refractivity contribution in [3.05, 3.63) is 0 Å². The van der Waals surface area contributed by atoms with E-state index in [4.69, 9.17) is 5.73 Å². The molecular weight excluding hydrogens is 382 g/mol. The average molecular weight is 417 g/mol. The van der Waals surface area contributed by atoms with Gasteiger partial charge in [-0.05, 0) is 38.5 Å². The molecular formula is C20H34F2N4OS. The summed E-state index contributed by atoms with van der Waals surface area (Å²) in [5.41, 5.74) is 5.83. The molecule has 0 aromatic heterocycles. The Morgan fingerprint density at radius 1 is 1.29 bits per heavy atom. The van der Waals surface area contributed by atoms with Gasteiger partial charge in [0, 0.05) is 54.7 Å². The van der Waals surface area contributed by atoms with Gasteiger partial charge in [-0.3, -0.25) is 4.79 Å². The van der Waals surface area contributed by atoms with Gasteiger partial charge in [-0.1, -0.05) is 12.8 Å². The van der Waals surface area contributed by atoms with Gasteiger partial charge in [0.05, 0.1) is 6.04 Å². The van der Waals surface area contributed by atoms with Crippen molar-refractivity contribution in [1.82, 2.24) is 15.5 Å². The molecule has 4 fully saturated rings. The fraction of sp³-hybridized carbons (Fsp3) is 0.950. The Bertz CT molecular complexity index is 571.